The smallest absolute Gasteiger partial charge is 0.357 e. The summed E-state index contributed by atoms with van der Waals surface area (Å²) < 4.78 is 11.4. The molecule has 2 heterocycles. The minimum atomic E-state index is -0.689. The van der Waals surface area contributed by atoms with Crippen molar-refractivity contribution in [2.45, 2.75) is 0 Å². The van der Waals surface area contributed by atoms with Crippen LogP contribution in [0.3, 0.4) is 0 Å². The van der Waals surface area contributed by atoms with Crippen molar-refractivity contribution < 1.29 is 19.1 Å². The molecular formula is C24H19N3O4. The molecule has 0 atom stereocenters. The maximum absolute atomic E-state index is 12.8. The van der Waals surface area contributed by atoms with Crippen LogP contribution >= 0.6 is 0 Å². The highest BCUT2D eigenvalue weighted by Gasteiger charge is 2.31. The maximum atomic E-state index is 12.8. The van der Waals surface area contributed by atoms with Crippen LogP contribution < -0.4 is 0 Å². The fourth-order valence-electron chi connectivity index (χ4n) is 3.34. The minimum Gasteiger partial charge on any atom is -0.465 e. The van der Waals surface area contributed by atoms with Crippen LogP contribution in [0.1, 0.15) is 20.8 Å². The molecule has 0 fully saturated rings. The zero-order valence-electron chi connectivity index (χ0n) is 17.0. The monoisotopic (exact) mass is 413 g/mol. The largest absolute Gasteiger partial charge is 0.465 e. The van der Waals surface area contributed by atoms with Gasteiger partial charge in [-0.15, -0.1) is 0 Å². The quantitative estimate of drug-likeness (QED) is 0.457. The predicted molar refractivity (Wildman–Crippen MR) is 115 cm³/mol. The second kappa shape index (κ2) is 8.62. The number of rotatable bonds is 5. The number of aromatic nitrogens is 3. The molecular weight excluding hydrogens is 394 g/mol. The Hall–Kier alpha value is -4.26. The van der Waals surface area contributed by atoms with E-state index in [1.54, 1.807) is 24.5 Å². The van der Waals surface area contributed by atoms with Crippen molar-refractivity contribution >= 4 is 11.9 Å². The number of nitrogens with zero attached hydrogens (tertiary/aromatic N) is 3. The molecule has 0 N–H and O–H groups in total. The van der Waals surface area contributed by atoms with Crippen molar-refractivity contribution in [1.29, 1.82) is 0 Å². The van der Waals surface area contributed by atoms with Gasteiger partial charge in [0.15, 0.2) is 5.69 Å². The van der Waals surface area contributed by atoms with Gasteiger partial charge in [-0.25, -0.2) is 14.3 Å². The number of benzene rings is 2. The molecule has 7 heteroatoms. The summed E-state index contributed by atoms with van der Waals surface area (Å²) >= 11 is 0. The normalized spacial score (nSPS) is 10.5. The fraction of sp³-hybridized carbons (Fsp3) is 0.0833. The van der Waals surface area contributed by atoms with Gasteiger partial charge in [0, 0.05) is 23.5 Å². The SMILES string of the molecule is COC(=O)c1c(-c2cccc(-c3cccnc3)c2)nn(-c2ccccc2)c1C(=O)OC. The molecule has 2 aromatic carbocycles. The lowest BCUT2D eigenvalue weighted by atomic mass is 10.0. The van der Waals surface area contributed by atoms with Crippen LogP contribution in [-0.4, -0.2) is 40.9 Å². The predicted octanol–water partition coefficient (Wildman–Crippen LogP) is 4.17. The summed E-state index contributed by atoms with van der Waals surface area (Å²) in [6.45, 7) is 0. The summed E-state index contributed by atoms with van der Waals surface area (Å²) in [5.74, 6) is -1.37. The second-order valence-corrected chi connectivity index (χ2v) is 6.63. The Kier molecular flexibility index (Phi) is 5.57. The molecule has 31 heavy (non-hydrogen) atoms. The van der Waals surface area contributed by atoms with Crippen LogP contribution in [0.25, 0.3) is 28.1 Å². The van der Waals surface area contributed by atoms with Crippen molar-refractivity contribution in [2.24, 2.45) is 0 Å². The lowest BCUT2D eigenvalue weighted by Gasteiger charge is -2.07. The number of hydrogen-bond acceptors (Lipinski definition) is 6. The van der Waals surface area contributed by atoms with Crippen LogP contribution in [-0.2, 0) is 9.47 Å². The summed E-state index contributed by atoms with van der Waals surface area (Å²) in [4.78, 5) is 29.6. The van der Waals surface area contributed by atoms with Gasteiger partial charge in [-0.3, -0.25) is 4.98 Å². The summed E-state index contributed by atoms with van der Waals surface area (Å²) in [7, 11) is 2.52. The number of carbonyl (C=O) groups is 2. The van der Waals surface area contributed by atoms with E-state index in [0.29, 0.717) is 16.9 Å². The van der Waals surface area contributed by atoms with E-state index in [4.69, 9.17) is 9.47 Å². The number of methoxy groups -OCH3 is 2. The van der Waals surface area contributed by atoms with Gasteiger partial charge < -0.3 is 9.47 Å². The van der Waals surface area contributed by atoms with E-state index in [9.17, 15) is 9.59 Å². The van der Waals surface area contributed by atoms with Gasteiger partial charge in [0.2, 0.25) is 0 Å². The molecule has 0 saturated carbocycles. The topological polar surface area (TPSA) is 83.3 Å². The first-order valence-corrected chi connectivity index (χ1v) is 9.50. The molecule has 0 unspecified atom stereocenters. The third kappa shape index (κ3) is 3.81. The zero-order chi connectivity index (χ0) is 21.8. The Morgan fingerprint density at radius 1 is 0.806 bits per heavy atom. The molecule has 0 aliphatic rings. The lowest BCUT2D eigenvalue weighted by Crippen LogP contribution is -2.15. The van der Waals surface area contributed by atoms with Crippen molar-refractivity contribution in [3.05, 3.63) is 90.4 Å². The highest BCUT2D eigenvalue weighted by Crippen LogP contribution is 2.31. The van der Waals surface area contributed by atoms with E-state index in [-0.39, 0.29) is 11.3 Å². The summed E-state index contributed by atoms with van der Waals surface area (Å²) in [5, 5.41) is 4.62. The van der Waals surface area contributed by atoms with Crippen LogP contribution in [0.4, 0.5) is 0 Å². The Morgan fingerprint density at radius 3 is 2.19 bits per heavy atom. The van der Waals surface area contributed by atoms with Gasteiger partial charge in [0.25, 0.3) is 0 Å². The van der Waals surface area contributed by atoms with Crippen molar-refractivity contribution in [3.63, 3.8) is 0 Å². The summed E-state index contributed by atoms with van der Waals surface area (Å²) in [6.07, 6.45) is 3.45. The summed E-state index contributed by atoms with van der Waals surface area (Å²) in [5.41, 5.74) is 3.45. The van der Waals surface area contributed by atoms with E-state index in [2.05, 4.69) is 10.1 Å². The number of hydrogen-bond donors (Lipinski definition) is 0. The molecule has 0 aliphatic heterocycles. The van der Waals surface area contributed by atoms with E-state index in [1.807, 2.05) is 54.6 Å². The van der Waals surface area contributed by atoms with Gasteiger partial charge in [-0.05, 0) is 29.8 Å². The van der Waals surface area contributed by atoms with Crippen molar-refractivity contribution in [2.75, 3.05) is 14.2 Å². The van der Waals surface area contributed by atoms with Gasteiger partial charge in [-0.2, -0.15) is 5.10 Å². The first kappa shape index (κ1) is 20.0. The molecule has 2 aromatic heterocycles. The van der Waals surface area contributed by atoms with Crippen molar-refractivity contribution in [3.8, 4) is 28.1 Å². The number of ether oxygens (including phenoxy) is 2. The minimum absolute atomic E-state index is 0.00216. The van der Waals surface area contributed by atoms with Crippen molar-refractivity contribution in [1.82, 2.24) is 14.8 Å². The zero-order valence-corrected chi connectivity index (χ0v) is 17.0. The molecule has 0 radical (unpaired) electrons. The standard InChI is InChI=1S/C24H19N3O4/c1-30-23(28)20-21(17-9-6-8-16(14-17)18-10-7-13-25-15-18)26-27(22(20)24(29)31-2)19-11-4-3-5-12-19/h3-15H,1-2H3. The number of para-hydroxylation sites is 1. The Bertz CT molecular complexity index is 1230. The second-order valence-electron chi connectivity index (χ2n) is 6.63. The van der Waals surface area contributed by atoms with Gasteiger partial charge >= 0.3 is 11.9 Å². The van der Waals surface area contributed by atoms with Gasteiger partial charge in [0.05, 0.1) is 19.9 Å². The molecule has 4 rings (SSSR count). The number of pyridine rings is 1. The lowest BCUT2D eigenvalue weighted by molar-refractivity contribution is 0.0549. The Morgan fingerprint density at radius 2 is 1.52 bits per heavy atom. The highest BCUT2D eigenvalue weighted by molar-refractivity contribution is 6.07. The van der Waals surface area contributed by atoms with E-state index >= 15 is 0 Å². The highest BCUT2D eigenvalue weighted by atomic mass is 16.5. The first-order chi connectivity index (χ1) is 15.1. The summed E-state index contributed by atoms with van der Waals surface area (Å²) in [6, 6.07) is 20.4. The average Bonchev–Trinajstić information content (AvgIpc) is 3.25. The number of esters is 2. The van der Waals surface area contributed by atoms with Gasteiger partial charge in [0.1, 0.15) is 11.3 Å². The third-order valence-electron chi connectivity index (χ3n) is 4.79. The molecule has 7 nitrogen and oxygen atoms in total. The van der Waals surface area contributed by atoms with Crippen LogP contribution in [0.5, 0.6) is 0 Å². The van der Waals surface area contributed by atoms with Crippen LogP contribution in [0, 0.1) is 0 Å². The molecule has 154 valence electrons. The molecule has 4 aromatic rings. The molecule has 0 aliphatic carbocycles. The molecule has 0 saturated heterocycles. The van der Waals surface area contributed by atoms with E-state index in [0.717, 1.165) is 11.1 Å². The first-order valence-electron chi connectivity index (χ1n) is 9.50. The maximum Gasteiger partial charge on any atom is 0.357 e. The molecule has 0 bridgehead atoms. The fourth-order valence-corrected chi connectivity index (χ4v) is 3.34. The van der Waals surface area contributed by atoms with E-state index in [1.165, 1.54) is 18.9 Å². The van der Waals surface area contributed by atoms with Gasteiger partial charge in [-0.1, -0.05) is 42.5 Å². The Balaban J connectivity index is 1.97. The van der Waals surface area contributed by atoms with Crippen LogP contribution in [0.15, 0.2) is 79.1 Å². The van der Waals surface area contributed by atoms with E-state index < -0.39 is 11.9 Å². The number of carbonyl (C=O) groups excluding carboxylic acids is 2. The third-order valence-corrected chi connectivity index (χ3v) is 4.79. The molecule has 0 amide bonds. The average molecular weight is 413 g/mol. The Labute approximate surface area is 178 Å². The van der Waals surface area contributed by atoms with Crippen LogP contribution in [0.2, 0.25) is 0 Å². The molecule has 0 spiro atoms.